The molecule has 4 amide bonds. The molecule has 1 aliphatic heterocycles. The number of rotatable bonds is 8. The summed E-state index contributed by atoms with van der Waals surface area (Å²) in [5.41, 5.74) is 0.714. The van der Waals surface area contributed by atoms with E-state index in [2.05, 4.69) is 10.6 Å². The second-order valence-corrected chi connectivity index (χ2v) is 10.4. The summed E-state index contributed by atoms with van der Waals surface area (Å²) < 4.78 is 0. The number of piperazine rings is 1. The van der Waals surface area contributed by atoms with Crippen LogP contribution in [0.1, 0.15) is 58.8 Å². The van der Waals surface area contributed by atoms with E-state index < -0.39 is 6.04 Å². The summed E-state index contributed by atoms with van der Waals surface area (Å²) in [5.74, 6) is 0.830. The molecule has 194 valence electrons. The largest absolute Gasteiger partial charge is 0.339 e. The van der Waals surface area contributed by atoms with Crippen LogP contribution in [-0.4, -0.2) is 59.9 Å². The van der Waals surface area contributed by atoms with Gasteiger partial charge in [-0.1, -0.05) is 82.3 Å². The lowest BCUT2D eigenvalue weighted by molar-refractivity contribution is -0.141. The minimum atomic E-state index is -0.616. The van der Waals surface area contributed by atoms with Crippen molar-refractivity contribution in [3.05, 3.63) is 42.5 Å². The highest BCUT2D eigenvalue weighted by Gasteiger charge is 2.33. The van der Waals surface area contributed by atoms with E-state index >= 15 is 0 Å². The highest BCUT2D eigenvalue weighted by Crippen LogP contribution is 2.29. The van der Waals surface area contributed by atoms with Crippen LogP contribution in [0.3, 0.4) is 0 Å². The van der Waals surface area contributed by atoms with Gasteiger partial charge in [-0.05, 0) is 29.7 Å². The van der Waals surface area contributed by atoms with Crippen molar-refractivity contribution in [2.45, 2.75) is 64.8 Å². The number of benzene rings is 2. The minimum absolute atomic E-state index is 0.0122. The smallest absolute Gasteiger partial charge is 0.319 e. The van der Waals surface area contributed by atoms with Crippen LogP contribution in [0.5, 0.6) is 0 Å². The molecular formula is C29H40N4O3. The topological polar surface area (TPSA) is 81.8 Å². The first kappa shape index (κ1) is 26.0. The van der Waals surface area contributed by atoms with Crippen LogP contribution in [0.25, 0.3) is 10.8 Å². The standard InChI is InChI=1S/C29H40N4O3/c1-3-21(2)27(31-29(36)30-25-14-8-12-23-11-6-7-13-24(23)25)28(35)33-19-17-32(18-20-33)26(34)16-15-22-9-4-5-10-22/h6-8,11-14,21-22,27H,3-5,9-10,15-20H2,1-2H3,(H2,30,31,36). The van der Waals surface area contributed by atoms with E-state index in [4.69, 9.17) is 0 Å². The number of carbonyl (C=O) groups is 3. The molecular weight excluding hydrogens is 452 g/mol. The van der Waals surface area contributed by atoms with Crippen LogP contribution in [0, 0.1) is 11.8 Å². The maximum absolute atomic E-state index is 13.5. The Morgan fingerprint density at radius 1 is 0.944 bits per heavy atom. The molecule has 7 nitrogen and oxygen atoms in total. The molecule has 7 heteroatoms. The van der Waals surface area contributed by atoms with Crippen LogP contribution < -0.4 is 10.6 Å². The van der Waals surface area contributed by atoms with Gasteiger partial charge in [-0.2, -0.15) is 0 Å². The van der Waals surface area contributed by atoms with E-state index in [1.165, 1.54) is 25.7 Å². The third-order valence-electron chi connectivity index (χ3n) is 7.99. The van der Waals surface area contributed by atoms with E-state index in [9.17, 15) is 14.4 Å². The summed E-state index contributed by atoms with van der Waals surface area (Å²) in [5, 5.41) is 7.88. The molecule has 2 fully saturated rings. The summed E-state index contributed by atoms with van der Waals surface area (Å²) in [6.07, 6.45) is 7.48. The van der Waals surface area contributed by atoms with Gasteiger partial charge >= 0.3 is 6.03 Å². The van der Waals surface area contributed by atoms with Gasteiger partial charge in [0.25, 0.3) is 0 Å². The molecule has 2 aliphatic rings. The molecule has 2 atom stereocenters. The van der Waals surface area contributed by atoms with E-state index in [0.717, 1.165) is 23.6 Å². The lowest BCUT2D eigenvalue weighted by Crippen LogP contribution is -2.57. The van der Waals surface area contributed by atoms with Gasteiger partial charge in [0.1, 0.15) is 6.04 Å². The quantitative estimate of drug-likeness (QED) is 0.543. The molecule has 0 aromatic heterocycles. The molecule has 36 heavy (non-hydrogen) atoms. The fraction of sp³-hybridized carbons (Fsp3) is 0.552. The SMILES string of the molecule is CCC(C)C(NC(=O)Nc1cccc2ccccc12)C(=O)N1CCN(C(=O)CCC2CCCC2)CC1. The van der Waals surface area contributed by atoms with Crippen molar-refractivity contribution < 1.29 is 14.4 Å². The summed E-state index contributed by atoms with van der Waals surface area (Å²) >= 11 is 0. The first-order chi connectivity index (χ1) is 17.5. The predicted octanol–water partition coefficient (Wildman–Crippen LogP) is 5.02. The molecule has 1 heterocycles. The van der Waals surface area contributed by atoms with E-state index in [1.54, 1.807) is 4.90 Å². The number of nitrogens with one attached hydrogen (secondary N) is 2. The molecule has 2 aromatic rings. The van der Waals surface area contributed by atoms with Crippen LogP contribution in [-0.2, 0) is 9.59 Å². The van der Waals surface area contributed by atoms with Gasteiger partial charge in [0, 0.05) is 38.0 Å². The molecule has 0 spiro atoms. The molecule has 1 saturated carbocycles. The third kappa shape index (κ3) is 6.37. The molecule has 0 radical (unpaired) electrons. The first-order valence-corrected chi connectivity index (χ1v) is 13.6. The number of hydrogen-bond donors (Lipinski definition) is 2. The van der Waals surface area contributed by atoms with Gasteiger partial charge in [-0.25, -0.2) is 4.79 Å². The normalized spacial score (nSPS) is 18.2. The molecule has 2 aromatic carbocycles. The van der Waals surface area contributed by atoms with Crippen molar-refractivity contribution >= 4 is 34.3 Å². The minimum Gasteiger partial charge on any atom is -0.339 e. The van der Waals surface area contributed by atoms with E-state index in [1.807, 2.05) is 61.2 Å². The zero-order valence-corrected chi connectivity index (χ0v) is 21.7. The number of urea groups is 1. The summed E-state index contributed by atoms with van der Waals surface area (Å²) in [4.78, 5) is 42.8. The average molecular weight is 493 g/mol. The molecule has 2 unspecified atom stereocenters. The molecule has 1 saturated heterocycles. The Kier molecular flexibility index (Phi) is 8.83. The summed E-state index contributed by atoms with van der Waals surface area (Å²) in [6.45, 7) is 6.15. The lowest BCUT2D eigenvalue weighted by atomic mass is 9.97. The van der Waals surface area contributed by atoms with Gasteiger partial charge < -0.3 is 20.4 Å². The van der Waals surface area contributed by atoms with Crippen molar-refractivity contribution in [2.24, 2.45) is 11.8 Å². The van der Waals surface area contributed by atoms with Gasteiger partial charge in [0.15, 0.2) is 0 Å². The van der Waals surface area contributed by atoms with Crippen LogP contribution in [0.15, 0.2) is 42.5 Å². The van der Waals surface area contributed by atoms with E-state index in [-0.39, 0.29) is 23.8 Å². The van der Waals surface area contributed by atoms with Crippen LogP contribution in [0.4, 0.5) is 10.5 Å². The van der Waals surface area contributed by atoms with Crippen molar-refractivity contribution in [3.63, 3.8) is 0 Å². The molecule has 0 bridgehead atoms. The highest BCUT2D eigenvalue weighted by atomic mass is 16.2. The van der Waals surface area contributed by atoms with Crippen molar-refractivity contribution in [3.8, 4) is 0 Å². The first-order valence-electron chi connectivity index (χ1n) is 13.6. The van der Waals surface area contributed by atoms with Crippen molar-refractivity contribution in [1.82, 2.24) is 15.1 Å². The Morgan fingerprint density at radius 3 is 2.33 bits per heavy atom. The Balaban J connectivity index is 1.32. The number of anilines is 1. The summed E-state index contributed by atoms with van der Waals surface area (Å²) in [7, 11) is 0. The maximum atomic E-state index is 13.5. The van der Waals surface area contributed by atoms with Gasteiger partial charge in [0.2, 0.25) is 11.8 Å². The number of amides is 4. The predicted molar refractivity (Wildman–Crippen MR) is 144 cm³/mol. The van der Waals surface area contributed by atoms with Crippen LogP contribution >= 0.6 is 0 Å². The Hall–Kier alpha value is -3.09. The number of hydrogen-bond acceptors (Lipinski definition) is 3. The molecule has 1 aliphatic carbocycles. The van der Waals surface area contributed by atoms with Crippen molar-refractivity contribution in [2.75, 3.05) is 31.5 Å². The Labute approximate surface area is 214 Å². The highest BCUT2D eigenvalue weighted by molar-refractivity contribution is 6.02. The van der Waals surface area contributed by atoms with Gasteiger partial charge in [-0.3, -0.25) is 9.59 Å². The molecule has 4 rings (SSSR count). The zero-order valence-electron chi connectivity index (χ0n) is 21.7. The number of nitrogens with zero attached hydrogens (tertiary/aromatic N) is 2. The summed E-state index contributed by atoms with van der Waals surface area (Å²) in [6, 6.07) is 12.7. The Morgan fingerprint density at radius 2 is 1.61 bits per heavy atom. The fourth-order valence-electron chi connectivity index (χ4n) is 5.47. The maximum Gasteiger partial charge on any atom is 0.319 e. The Bertz CT molecular complexity index is 1050. The van der Waals surface area contributed by atoms with Gasteiger partial charge in [0.05, 0.1) is 5.69 Å². The number of carbonyl (C=O) groups excluding carboxylic acids is 3. The monoisotopic (exact) mass is 492 g/mol. The second-order valence-electron chi connectivity index (χ2n) is 10.4. The third-order valence-corrected chi connectivity index (χ3v) is 7.99. The average Bonchev–Trinajstić information content (AvgIpc) is 3.44. The van der Waals surface area contributed by atoms with E-state index in [0.29, 0.717) is 44.2 Å². The molecule has 2 N–H and O–H groups in total. The zero-order chi connectivity index (χ0) is 25.5. The lowest BCUT2D eigenvalue weighted by Gasteiger charge is -2.37. The van der Waals surface area contributed by atoms with Gasteiger partial charge in [-0.15, -0.1) is 0 Å². The second kappa shape index (κ2) is 12.2. The number of fused-ring (bicyclic) bond motifs is 1. The fourth-order valence-corrected chi connectivity index (χ4v) is 5.47. The van der Waals surface area contributed by atoms with Crippen LogP contribution in [0.2, 0.25) is 0 Å². The van der Waals surface area contributed by atoms with Crippen molar-refractivity contribution in [1.29, 1.82) is 0 Å².